The van der Waals surface area contributed by atoms with Crippen molar-refractivity contribution in [1.82, 2.24) is 39.2 Å². The number of rotatable bonds is 14. The number of aryl methyl sites for hydroxylation is 1. The van der Waals surface area contributed by atoms with E-state index in [0.29, 0.717) is 59.7 Å². The summed E-state index contributed by atoms with van der Waals surface area (Å²) in [6.45, 7) is 3.05. The van der Waals surface area contributed by atoms with E-state index >= 15 is 0 Å². The van der Waals surface area contributed by atoms with Crippen molar-refractivity contribution in [2.45, 2.75) is 63.6 Å². The second kappa shape index (κ2) is 15.5. The molecule has 3 amide bonds. The zero-order valence-corrected chi connectivity index (χ0v) is 34.4. The highest BCUT2D eigenvalue weighted by molar-refractivity contribution is 6.13. The van der Waals surface area contributed by atoms with Crippen LogP contribution in [-0.4, -0.2) is 79.0 Å². The summed E-state index contributed by atoms with van der Waals surface area (Å²) in [7, 11) is 4.81. The van der Waals surface area contributed by atoms with Gasteiger partial charge in [-0.1, -0.05) is 24.3 Å². The van der Waals surface area contributed by atoms with Crippen molar-refractivity contribution in [3.8, 4) is 17.2 Å². The Bertz CT molecular complexity index is 2810. The van der Waals surface area contributed by atoms with Crippen LogP contribution in [0.5, 0.6) is 17.2 Å². The van der Waals surface area contributed by atoms with Crippen molar-refractivity contribution < 1.29 is 23.8 Å². The summed E-state index contributed by atoms with van der Waals surface area (Å²) >= 11 is 0. The fraction of sp³-hybridized carbons (Fsp3) is 0.304. The SMILES string of the molecule is COc1ccc(COc2cc(C3CC3c3nccc(C)n3)nc3nc(N(Cc4ccc(OC)cc4)Cc4cn5cc(C6CC6)cc(N6CC(=O)N(C)C6=O)c5n4)ncc23)cc1. The van der Waals surface area contributed by atoms with Gasteiger partial charge in [-0.25, -0.2) is 29.7 Å². The number of nitrogens with zero attached hydrogens (tertiary/aromatic N) is 10. The molecule has 0 N–H and O–H groups in total. The second-order valence-electron chi connectivity index (χ2n) is 16.0. The molecule has 308 valence electrons. The van der Waals surface area contributed by atoms with E-state index in [-0.39, 0.29) is 30.3 Å². The number of fused-ring (bicyclic) bond motifs is 2. The second-order valence-corrected chi connectivity index (χ2v) is 16.0. The van der Waals surface area contributed by atoms with Crippen LogP contribution < -0.4 is 24.0 Å². The molecule has 2 aliphatic carbocycles. The normalized spacial score (nSPS) is 17.4. The summed E-state index contributed by atoms with van der Waals surface area (Å²) in [5.74, 6) is 3.85. The van der Waals surface area contributed by atoms with Crippen LogP contribution >= 0.6 is 0 Å². The first-order valence-corrected chi connectivity index (χ1v) is 20.4. The van der Waals surface area contributed by atoms with Gasteiger partial charge in [0.25, 0.3) is 0 Å². The highest BCUT2D eigenvalue weighted by Gasteiger charge is 2.43. The Morgan fingerprint density at radius 1 is 0.820 bits per heavy atom. The molecule has 2 unspecified atom stereocenters. The van der Waals surface area contributed by atoms with E-state index in [1.165, 1.54) is 11.9 Å². The van der Waals surface area contributed by atoms with Gasteiger partial charge in [0, 0.05) is 62.0 Å². The van der Waals surface area contributed by atoms with Crippen LogP contribution in [0, 0.1) is 6.92 Å². The molecule has 0 radical (unpaired) electrons. The van der Waals surface area contributed by atoms with Crippen LogP contribution in [0.2, 0.25) is 0 Å². The third-order valence-electron chi connectivity index (χ3n) is 11.7. The third-order valence-corrected chi connectivity index (χ3v) is 11.7. The van der Waals surface area contributed by atoms with Crippen LogP contribution in [0.15, 0.2) is 91.5 Å². The Labute approximate surface area is 352 Å². The first-order valence-electron chi connectivity index (χ1n) is 20.4. The van der Waals surface area contributed by atoms with E-state index in [4.69, 9.17) is 39.1 Å². The lowest BCUT2D eigenvalue weighted by molar-refractivity contribution is -0.123. The Hall–Kier alpha value is -7.16. The molecule has 15 heteroatoms. The number of urea groups is 1. The van der Waals surface area contributed by atoms with Gasteiger partial charge in [-0.15, -0.1) is 0 Å². The minimum absolute atomic E-state index is 0.0315. The summed E-state index contributed by atoms with van der Waals surface area (Å²) in [5, 5.41) is 0.689. The number of hydrogen-bond donors (Lipinski definition) is 0. The molecule has 0 bridgehead atoms. The maximum atomic E-state index is 13.3. The number of benzene rings is 2. The molecule has 15 nitrogen and oxygen atoms in total. The minimum Gasteiger partial charge on any atom is -0.497 e. The largest absolute Gasteiger partial charge is 0.497 e. The van der Waals surface area contributed by atoms with Gasteiger partial charge in [-0.3, -0.25) is 14.6 Å². The van der Waals surface area contributed by atoms with E-state index in [1.807, 2.05) is 90.4 Å². The van der Waals surface area contributed by atoms with Crippen LogP contribution in [0.1, 0.15) is 76.6 Å². The molecule has 1 aliphatic heterocycles. The van der Waals surface area contributed by atoms with Crippen LogP contribution in [0.4, 0.5) is 16.4 Å². The molecule has 1 saturated heterocycles. The maximum absolute atomic E-state index is 13.3. The number of carbonyl (C=O) groups excluding carboxylic acids is 2. The van der Waals surface area contributed by atoms with Crippen LogP contribution in [0.25, 0.3) is 16.7 Å². The highest BCUT2D eigenvalue weighted by Crippen LogP contribution is 2.54. The lowest BCUT2D eigenvalue weighted by Gasteiger charge is -2.22. The van der Waals surface area contributed by atoms with E-state index in [2.05, 4.69) is 16.1 Å². The molecule has 61 heavy (non-hydrogen) atoms. The lowest BCUT2D eigenvalue weighted by atomic mass is 10.1. The molecule has 6 heterocycles. The van der Waals surface area contributed by atoms with Gasteiger partial charge < -0.3 is 23.5 Å². The monoisotopic (exact) mass is 816 g/mol. The number of anilines is 2. The number of likely N-dealkylation sites (N-methyl/N-ethyl adjacent to an activating group) is 1. The molecule has 0 spiro atoms. The Balaban J connectivity index is 1.03. The molecule has 2 saturated carbocycles. The summed E-state index contributed by atoms with van der Waals surface area (Å²) in [4.78, 5) is 60.3. The highest BCUT2D eigenvalue weighted by atomic mass is 16.5. The van der Waals surface area contributed by atoms with E-state index in [0.717, 1.165) is 75.3 Å². The van der Waals surface area contributed by atoms with Crippen molar-refractivity contribution in [3.05, 3.63) is 131 Å². The molecule has 3 aliphatic rings. The first-order chi connectivity index (χ1) is 29.7. The van der Waals surface area contributed by atoms with Gasteiger partial charge >= 0.3 is 6.03 Å². The van der Waals surface area contributed by atoms with Crippen molar-refractivity contribution in [1.29, 1.82) is 0 Å². The van der Waals surface area contributed by atoms with E-state index < -0.39 is 0 Å². The summed E-state index contributed by atoms with van der Waals surface area (Å²) in [5.41, 5.74) is 7.37. The van der Waals surface area contributed by atoms with Gasteiger partial charge in [0.05, 0.1) is 43.2 Å². The number of carbonyl (C=O) groups is 2. The summed E-state index contributed by atoms with van der Waals surface area (Å²) < 4.78 is 19.3. The number of imide groups is 1. The summed E-state index contributed by atoms with van der Waals surface area (Å²) in [6.07, 6.45) is 10.7. The number of methoxy groups -OCH3 is 2. The number of imidazole rings is 1. The standard InChI is InChI=1S/C46H44N10O5/c1-27-15-16-47-42(49-27)36-18-35(36)38-19-40(61-26-29-7-13-34(60-4)14-8-29)37-20-48-45(52-43(37)51-38)55(21-28-5-11-33(59-3)12-6-28)24-32-23-54-22-31(30-9-10-30)17-39(44(54)50-32)56-25-41(57)53(2)46(56)58/h5-8,11-17,19-20,22-23,30,35-36H,9-10,18,21,24-26H2,1-4H3. The zero-order valence-electron chi connectivity index (χ0n) is 34.4. The van der Waals surface area contributed by atoms with E-state index in [1.54, 1.807) is 20.4 Å². The average Bonchev–Trinajstić information content (AvgIpc) is 4.22. The van der Waals surface area contributed by atoms with Crippen LogP contribution in [-0.2, 0) is 24.5 Å². The fourth-order valence-corrected chi connectivity index (χ4v) is 7.98. The molecule has 7 aromatic rings. The van der Waals surface area contributed by atoms with Crippen molar-refractivity contribution in [3.63, 3.8) is 0 Å². The van der Waals surface area contributed by atoms with Gasteiger partial charge in [-0.05, 0) is 85.2 Å². The maximum Gasteiger partial charge on any atom is 0.331 e. The van der Waals surface area contributed by atoms with Crippen LogP contribution in [0.3, 0.4) is 0 Å². The first kappa shape index (κ1) is 38.1. The van der Waals surface area contributed by atoms with Crippen molar-refractivity contribution in [2.24, 2.45) is 0 Å². The third kappa shape index (κ3) is 7.62. The van der Waals surface area contributed by atoms with Gasteiger partial charge in [-0.2, -0.15) is 4.98 Å². The Morgan fingerprint density at radius 3 is 2.26 bits per heavy atom. The molecule has 5 aromatic heterocycles. The van der Waals surface area contributed by atoms with Crippen molar-refractivity contribution >= 4 is 40.3 Å². The smallest absolute Gasteiger partial charge is 0.331 e. The van der Waals surface area contributed by atoms with Crippen molar-refractivity contribution in [2.75, 3.05) is 37.6 Å². The Morgan fingerprint density at radius 2 is 1.57 bits per heavy atom. The zero-order chi connectivity index (χ0) is 41.8. The fourth-order valence-electron chi connectivity index (χ4n) is 7.98. The number of hydrogen-bond acceptors (Lipinski definition) is 12. The van der Waals surface area contributed by atoms with Gasteiger partial charge in [0.15, 0.2) is 11.3 Å². The van der Waals surface area contributed by atoms with Gasteiger partial charge in [0.1, 0.15) is 36.2 Å². The van der Waals surface area contributed by atoms with E-state index in [9.17, 15) is 9.59 Å². The molecular formula is C46H44N10O5. The number of aromatic nitrogens is 7. The average molecular weight is 817 g/mol. The minimum atomic E-state index is -0.363. The molecule has 2 aromatic carbocycles. The molecule has 10 rings (SSSR count). The number of amides is 3. The predicted octanol–water partition coefficient (Wildman–Crippen LogP) is 7.12. The molecule has 3 fully saturated rings. The predicted molar refractivity (Wildman–Crippen MR) is 227 cm³/mol. The molecule has 2 atom stereocenters. The van der Waals surface area contributed by atoms with Gasteiger partial charge in [0.2, 0.25) is 11.9 Å². The topological polar surface area (TPSA) is 153 Å². The number of pyridine rings is 2. The lowest BCUT2D eigenvalue weighted by Crippen LogP contribution is -2.30. The summed E-state index contributed by atoms with van der Waals surface area (Å²) in [6, 6.07) is 21.3. The molecular weight excluding hydrogens is 773 g/mol. The Kier molecular flexibility index (Phi) is 9.65. The quantitative estimate of drug-likeness (QED) is 0.103. The number of ether oxygens (including phenoxy) is 3.